The minimum absolute atomic E-state index is 0.0371. The van der Waals surface area contributed by atoms with Crippen molar-refractivity contribution in [1.82, 2.24) is 10.1 Å². The van der Waals surface area contributed by atoms with Crippen LogP contribution in [0.15, 0.2) is 4.52 Å². The van der Waals surface area contributed by atoms with Crippen LogP contribution in [-0.4, -0.2) is 16.7 Å². The molecule has 1 aliphatic rings. The summed E-state index contributed by atoms with van der Waals surface area (Å²) in [5, 5.41) is 3.51. The Morgan fingerprint density at radius 2 is 2.27 bits per heavy atom. The van der Waals surface area contributed by atoms with Crippen molar-refractivity contribution in [3.63, 3.8) is 0 Å². The van der Waals surface area contributed by atoms with E-state index >= 15 is 0 Å². The van der Waals surface area contributed by atoms with Crippen LogP contribution >= 0.6 is 0 Å². The molecule has 1 fully saturated rings. The second-order valence-corrected chi connectivity index (χ2v) is 2.94. The molecule has 0 aromatic carbocycles. The molecule has 0 amide bonds. The Morgan fingerprint density at radius 3 is 2.64 bits per heavy atom. The van der Waals surface area contributed by atoms with Crippen LogP contribution in [0.1, 0.15) is 18.7 Å². The fraction of sp³-hybridized carbons (Fsp3) is 0.667. The van der Waals surface area contributed by atoms with E-state index in [0.29, 0.717) is 12.4 Å². The fourth-order valence-corrected chi connectivity index (χ4v) is 1.11. The molecule has 1 aliphatic carbocycles. The molecule has 2 rings (SSSR count). The van der Waals surface area contributed by atoms with E-state index in [-0.39, 0.29) is 11.4 Å². The molecular formula is C6H10N4O. The number of nitrogens with zero attached hydrogens (tertiary/aromatic N) is 2. The van der Waals surface area contributed by atoms with Crippen molar-refractivity contribution in [1.29, 1.82) is 0 Å². The third-order valence-electron chi connectivity index (χ3n) is 2.14. The highest BCUT2D eigenvalue weighted by atomic mass is 16.5. The maximum atomic E-state index is 5.54. The monoisotopic (exact) mass is 154 g/mol. The van der Waals surface area contributed by atoms with Crippen LogP contribution in [-0.2, 0) is 5.41 Å². The molecule has 5 heteroatoms. The molecule has 0 unspecified atom stereocenters. The highest BCUT2D eigenvalue weighted by Gasteiger charge is 2.48. The molecule has 0 aliphatic heterocycles. The number of rotatable bonds is 2. The molecule has 0 radical (unpaired) electrons. The first-order chi connectivity index (χ1) is 5.27. The summed E-state index contributed by atoms with van der Waals surface area (Å²) in [4.78, 5) is 3.94. The summed E-state index contributed by atoms with van der Waals surface area (Å²) in [5.41, 5.74) is 10.8. The minimum atomic E-state index is -0.0371. The maximum Gasteiger partial charge on any atom is 0.260 e. The van der Waals surface area contributed by atoms with Gasteiger partial charge in [-0.25, -0.2) is 0 Å². The minimum Gasteiger partial charge on any atom is -0.365 e. The van der Waals surface area contributed by atoms with Gasteiger partial charge < -0.3 is 16.0 Å². The quantitative estimate of drug-likeness (QED) is 0.607. The molecule has 1 heterocycles. The standard InChI is InChI=1S/C6H10N4O/c7-3-6(1-2-6)4-9-5(8)10-11-4/h1-3,7H2,(H2,8,10). The Hall–Kier alpha value is -1.10. The molecule has 0 saturated heterocycles. The van der Waals surface area contributed by atoms with Crippen molar-refractivity contribution in [3.8, 4) is 0 Å². The van der Waals surface area contributed by atoms with Gasteiger partial charge in [0.1, 0.15) is 0 Å². The van der Waals surface area contributed by atoms with Gasteiger partial charge in [0.15, 0.2) is 0 Å². The summed E-state index contributed by atoms with van der Waals surface area (Å²) in [7, 11) is 0. The number of anilines is 1. The number of aromatic nitrogens is 2. The van der Waals surface area contributed by atoms with Gasteiger partial charge in [0.25, 0.3) is 5.95 Å². The summed E-state index contributed by atoms with van der Waals surface area (Å²) in [6.45, 7) is 0.564. The lowest BCUT2D eigenvalue weighted by Gasteiger charge is -2.02. The van der Waals surface area contributed by atoms with E-state index in [9.17, 15) is 0 Å². The summed E-state index contributed by atoms with van der Waals surface area (Å²) in [5.74, 6) is 0.789. The molecule has 60 valence electrons. The van der Waals surface area contributed by atoms with Gasteiger partial charge in [0, 0.05) is 6.54 Å². The Balaban J connectivity index is 2.29. The predicted octanol–water partition coefficient (Wildman–Crippen LogP) is -0.358. The van der Waals surface area contributed by atoms with Crippen LogP contribution in [0.25, 0.3) is 0 Å². The van der Waals surface area contributed by atoms with E-state index in [1.54, 1.807) is 0 Å². The Kier molecular flexibility index (Phi) is 1.17. The summed E-state index contributed by atoms with van der Waals surface area (Å²) in [6, 6.07) is 0. The summed E-state index contributed by atoms with van der Waals surface area (Å²) in [6.07, 6.45) is 2.07. The third-order valence-corrected chi connectivity index (χ3v) is 2.14. The van der Waals surface area contributed by atoms with Gasteiger partial charge in [-0.15, -0.1) is 0 Å². The van der Waals surface area contributed by atoms with Gasteiger partial charge in [0.2, 0.25) is 5.89 Å². The number of nitrogen functional groups attached to an aromatic ring is 1. The van der Waals surface area contributed by atoms with Crippen LogP contribution in [0.5, 0.6) is 0 Å². The number of hydrogen-bond acceptors (Lipinski definition) is 5. The Morgan fingerprint density at radius 1 is 1.55 bits per heavy atom. The first-order valence-electron chi connectivity index (χ1n) is 3.57. The van der Waals surface area contributed by atoms with E-state index in [0.717, 1.165) is 12.8 Å². The van der Waals surface area contributed by atoms with Gasteiger partial charge in [0.05, 0.1) is 5.41 Å². The SMILES string of the molecule is NCC1(c2nc(N)no2)CC1. The molecule has 4 N–H and O–H groups in total. The zero-order chi connectivity index (χ0) is 7.90. The zero-order valence-corrected chi connectivity index (χ0v) is 6.08. The second kappa shape index (κ2) is 1.94. The van der Waals surface area contributed by atoms with Crippen LogP contribution in [0, 0.1) is 0 Å². The maximum absolute atomic E-state index is 5.54. The zero-order valence-electron chi connectivity index (χ0n) is 6.08. The largest absolute Gasteiger partial charge is 0.365 e. The van der Waals surface area contributed by atoms with Gasteiger partial charge in [-0.3, -0.25) is 0 Å². The fourth-order valence-electron chi connectivity index (χ4n) is 1.11. The van der Waals surface area contributed by atoms with Crippen LogP contribution in [0.2, 0.25) is 0 Å². The van der Waals surface area contributed by atoms with Gasteiger partial charge in [-0.05, 0) is 18.0 Å². The molecule has 1 saturated carbocycles. The Bertz CT molecular complexity index is 265. The Labute approximate surface area is 63.8 Å². The van der Waals surface area contributed by atoms with Crippen molar-refractivity contribution in [2.24, 2.45) is 5.73 Å². The van der Waals surface area contributed by atoms with Crippen molar-refractivity contribution in [2.75, 3.05) is 12.3 Å². The van der Waals surface area contributed by atoms with E-state index < -0.39 is 0 Å². The second-order valence-electron chi connectivity index (χ2n) is 2.94. The molecule has 1 aromatic rings. The smallest absolute Gasteiger partial charge is 0.260 e. The molecular weight excluding hydrogens is 144 g/mol. The average molecular weight is 154 g/mol. The van der Waals surface area contributed by atoms with E-state index in [1.807, 2.05) is 0 Å². The highest BCUT2D eigenvalue weighted by molar-refractivity contribution is 5.21. The summed E-state index contributed by atoms with van der Waals surface area (Å²) >= 11 is 0. The van der Waals surface area contributed by atoms with Crippen LogP contribution in [0.4, 0.5) is 5.95 Å². The molecule has 0 atom stereocenters. The van der Waals surface area contributed by atoms with Gasteiger partial charge >= 0.3 is 0 Å². The predicted molar refractivity (Wildman–Crippen MR) is 38.7 cm³/mol. The van der Waals surface area contributed by atoms with Gasteiger partial charge in [-0.1, -0.05) is 0 Å². The average Bonchev–Trinajstić information content (AvgIpc) is 2.70. The van der Waals surface area contributed by atoms with Crippen molar-refractivity contribution < 1.29 is 4.52 Å². The summed E-state index contributed by atoms with van der Waals surface area (Å²) < 4.78 is 4.92. The van der Waals surface area contributed by atoms with E-state index in [1.165, 1.54) is 0 Å². The first-order valence-corrected chi connectivity index (χ1v) is 3.57. The lowest BCUT2D eigenvalue weighted by atomic mass is 10.1. The third kappa shape index (κ3) is 0.883. The first kappa shape index (κ1) is 6.60. The van der Waals surface area contributed by atoms with Gasteiger partial charge in [-0.2, -0.15) is 4.98 Å². The molecule has 0 bridgehead atoms. The normalized spacial score (nSPS) is 20.1. The number of hydrogen-bond donors (Lipinski definition) is 2. The van der Waals surface area contributed by atoms with Crippen molar-refractivity contribution >= 4 is 5.95 Å². The van der Waals surface area contributed by atoms with Crippen LogP contribution in [0.3, 0.4) is 0 Å². The molecule has 1 aromatic heterocycles. The topological polar surface area (TPSA) is 91.0 Å². The molecule has 5 nitrogen and oxygen atoms in total. The van der Waals surface area contributed by atoms with E-state index in [4.69, 9.17) is 16.0 Å². The molecule has 0 spiro atoms. The van der Waals surface area contributed by atoms with Crippen LogP contribution < -0.4 is 11.5 Å². The van der Waals surface area contributed by atoms with E-state index in [2.05, 4.69) is 10.1 Å². The highest BCUT2D eigenvalue weighted by Crippen LogP contribution is 2.46. The molecule has 11 heavy (non-hydrogen) atoms. The lowest BCUT2D eigenvalue weighted by molar-refractivity contribution is 0.347. The van der Waals surface area contributed by atoms with Crippen molar-refractivity contribution in [3.05, 3.63) is 5.89 Å². The lowest BCUT2D eigenvalue weighted by Crippen LogP contribution is -2.19. The number of nitrogens with two attached hydrogens (primary N) is 2. The van der Waals surface area contributed by atoms with Crippen molar-refractivity contribution in [2.45, 2.75) is 18.3 Å².